The number of carbonyl (C=O) groups is 1. The van der Waals surface area contributed by atoms with Crippen molar-refractivity contribution in [2.24, 2.45) is 5.92 Å². The number of hydrogen-bond acceptors (Lipinski definition) is 1. The Balaban J connectivity index is 2.66. The minimum atomic E-state index is -0.0205. The van der Waals surface area contributed by atoms with Gasteiger partial charge >= 0.3 is 6.03 Å². The molecule has 1 fully saturated rings. The van der Waals surface area contributed by atoms with Crippen LogP contribution in [0, 0.1) is 5.92 Å². The average molecular weight is 254 g/mol. The first-order chi connectivity index (χ1) is 8.33. The van der Waals surface area contributed by atoms with Crippen LogP contribution in [0.4, 0.5) is 4.79 Å². The van der Waals surface area contributed by atoms with E-state index in [9.17, 15) is 4.79 Å². The van der Waals surface area contributed by atoms with Gasteiger partial charge in [0.2, 0.25) is 0 Å². The Hall–Kier alpha value is -0.730. The van der Waals surface area contributed by atoms with Gasteiger partial charge in [-0.15, -0.1) is 0 Å². The van der Waals surface area contributed by atoms with Gasteiger partial charge < -0.3 is 9.80 Å². The number of urea groups is 1. The number of rotatable bonds is 6. The van der Waals surface area contributed by atoms with Crippen molar-refractivity contribution >= 4 is 6.03 Å². The van der Waals surface area contributed by atoms with Crippen molar-refractivity contribution in [3.8, 4) is 0 Å². The van der Waals surface area contributed by atoms with Crippen LogP contribution in [0.2, 0.25) is 0 Å². The molecule has 0 aromatic rings. The molecule has 0 atom stereocenters. The maximum absolute atomic E-state index is 12.4. The van der Waals surface area contributed by atoms with E-state index in [1.165, 1.54) is 12.8 Å². The van der Waals surface area contributed by atoms with E-state index in [-0.39, 0.29) is 11.6 Å². The second-order valence-corrected chi connectivity index (χ2v) is 6.44. The van der Waals surface area contributed by atoms with E-state index < -0.39 is 0 Å². The summed E-state index contributed by atoms with van der Waals surface area (Å²) in [6.45, 7) is 14.8. The summed E-state index contributed by atoms with van der Waals surface area (Å²) in [6, 6.07) is 0.524. The molecule has 0 N–H and O–H groups in total. The largest absolute Gasteiger partial charge is 0.320 e. The summed E-state index contributed by atoms with van der Waals surface area (Å²) in [5.74, 6) is 0.752. The Bertz CT molecular complexity index is 282. The van der Waals surface area contributed by atoms with Gasteiger partial charge in [0, 0.05) is 19.1 Å². The predicted octanol–water partition coefficient (Wildman–Crippen LogP) is 3.74. The van der Waals surface area contributed by atoms with Gasteiger partial charge in [0.05, 0.1) is 5.54 Å². The van der Waals surface area contributed by atoms with E-state index >= 15 is 0 Å². The molecule has 0 aliphatic carbocycles. The maximum atomic E-state index is 12.4. The van der Waals surface area contributed by atoms with E-state index in [0.29, 0.717) is 6.04 Å². The summed E-state index contributed by atoms with van der Waals surface area (Å²) in [5.41, 5.74) is -0.0205. The third-order valence-corrected chi connectivity index (χ3v) is 4.30. The molecule has 3 nitrogen and oxygen atoms in total. The fraction of sp³-hybridized carbons (Fsp3) is 0.933. The second-order valence-electron chi connectivity index (χ2n) is 6.44. The monoisotopic (exact) mass is 254 g/mol. The quantitative estimate of drug-likeness (QED) is 0.708. The van der Waals surface area contributed by atoms with Crippen LogP contribution in [0.1, 0.15) is 60.8 Å². The molecule has 0 aromatic heterocycles. The number of nitrogens with zero attached hydrogens (tertiary/aromatic N) is 2. The Morgan fingerprint density at radius 2 is 1.78 bits per heavy atom. The lowest BCUT2D eigenvalue weighted by molar-refractivity contribution is 0.162. The van der Waals surface area contributed by atoms with Crippen molar-refractivity contribution in [2.75, 3.05) is 13.1 Å². The van der Waals surface area contributed by atoms with Crippen molar-refractivity contribution < 1.29 is 4.79 Å². The van der Waals surface area contributed by atoms with Crippen LogP contribution in [0.5, 0.6) is 0 Å². The lowest BCUT2D eigenvalue weighted by Gasteiger charge is -2.30. The normalized spacial score (nSPS) is 19.4. The van der Waals surface area contributed by atoms with Gasteiger partial charge in [-0.25, -0.2) is 4.79 Å². The highest BCUT2D eigenvalue weighted by molar-refractivity contribution is 5.78. The average Bonchev–Trinajstić information content (AvgIpc) is 2.52. The van der Waals surface area contributed by atoms with Gasteiger partial charge in [0.25, 0.3) is 0 Å². The molecule has 3 heteroatoms. The van der Waals surface area contributed by atoms with Gasteiger partial charge in [-0.1, -0.05) is 26.7 Å². The Kier molecular flexibility index (Phi) is 5.06. The molecule has 1 aliphatic heterocycles. The molecular weight excluding hydrogens is 224 g/mol. The van der Waals surface area contributed by atoms with Crippen LogP contribution >= 0.6 is 0 Å². The maximum Gasteiger partial charge on any atom is 0.320 e. The summed E-state index contributed by atoms with van der Waals surface area (Å²) in [6.07, 6.45) is 3.56. The molecule has 0 radical (unpaired) electrons. The van der Waals surface area contributed by atoms with Gasteiger partial charge in [-0.3, -0.25) is 0 Å². The van der Waals surface area contributed by atoms with Crippen LogP contribution in [-0.2, 0) is 0 Å². The standard InChI is InChI=1S/C15H30N2O/c1-7-13(8-2)9-10-17-14(18)16(12(3)4)11-15(17,5)6/h12-13H,7-11H2,1-6H3. The number of amides is 2. The molecule has 0 unspecified atom stereocenters. The van der Waals surface area contributed by atoms with Crippen LogP contribution < -0.4 is 0 Å². The predicted molar refractivity (Wildman–Crippen MR) is 76.7 cm³/mol. The Labute approximate surface area is 113 Å². The second kappa shape index (κ2) is 5.94. The molecule has 1 heterocycles. The van der Waals surface area contributed by atoms with E-state index in [4.69, 9.17) is 0 Å². The molecule has 1 aliphatic rings. The smallest absolute Gasteiger partial charge is 0.320 e. The van der Waals surface area contributed by atoms with Crippen molar-refractivity contribution in [1.29, 1.82) is 0 Å². The van der Waals surface area contributed by atoms with E-state index in [2.05, 4.69) is 46.4 Å². The summed E-state index contributed by atoms with van der Waals surface area (Å²) in [7, 11) is 0. The lowest BCUT2D eigenvalue weighted by Crippen LogP contribution is -2.43. The number of carbonyl (C=O) groups excluding carboxylic acids is 1. The molecule has 0 saturated carbocycles. The van der Waals surface area contributed by atoms with Crippen molar-refractivity contribution in [1.82, 2.24) is 9.80 Å². The molecule has 106 valence electrons. The Morgan fingerprint density at radius 1 is 1.22 bits per heavy atom. The van der Waals surface area contributed by atoms with Crippen LogP contribution in [0.15, 0.2) is 0 Å². The van der Waals surface area contributed by atoms with E-state index in [0.717, 1.165) is 25.4 Å². The van der Waals surface area contributed by atoms with Gasteiger partial charge in [0.1, 0.15) is 0 Å². The minimum Gasteiger partial charge on any atom is -0.320 e. The molecular formula is C15H30N2O. The van der Waals surface area contributed by atoms with E-state index in [1.807, 2.05) is 4.90 Å². The molecule has 0 bridgehead atoms. The lowest BCUT2D eigenvalue weighted by atomic mass is 9.97. The summed E-state index contributed by atoms with van der Waals surface area (Å²) in [5, 5.41) is 0. The summed E-state index contributed by atoms with van der Waals surface area (Å²) < 4.78 is 0. The minimum absolute atomic E-state index is 0.0205. The fourth-order valence-corrected chi connectivity index (χ4v) is 2.79. The molecule has 18 heavy (non-hydrogen) atoms. The first-order valence-electron chi connectivity index (χ1n) is 7.41. The first-order valence-corrected chi connectivity index (χ1v) is 7.41. The number of hydrogen-bond donors (Lipinski definition) is 0. The molecule has 1 saturated heterocycles. The van der Waals surface area contributed by atoms with Gasteiger partial charge in [-0.05, 0) is 40.0 Å². The zero-order chi connectivity index (χ0) is 13.9. The third kappa shape index (κ3) is 3.18. The Morgan fingerprint density at radius 3 is 2.17 bits per heavy atom. The third-order valence-electron chi connectivity index (χ3n) is 4.30. The molecule has 1 rings (SSSR count). The zero-order valence-corrected chi connectivity index (χ0v) is 13.0. The van der Waals surface area contributed by atoms with Crippen molar-refractivity contribution in [3.05, 3.63) is 0 Å². The van der Waals surface area contributed by atoms with Crippen LogP contribution in [0.25, 0.3) is 0 Å². The zero-order valence-electron chi connectivity index (χ0n) is 13.0. The van der Waals surface area contributed by atoms with Crippen molar-refractivity contribution in [2.45, 2.75) is 72.4 Å². The highest BCUT2D eigenvalue weighted by Crippen LogP contribution is 2.28. The van der Waals surface area contributed by atoms with Crippen molar-refractivity contribution in [3.63, 3.8) is 0 Å². The van der Waals surface area contributed by atoms with Crippen LogP contribution in [-0.4, -0.2) is 40.5 Å². The molecule has 0 aromatic carbocycles. The topological polar surface area (TPSA) is 23.6 Å². The highest BCUT2D eigenvalue weighted by atomic mass is 16.2. The SMILES string of the molecule is CCC(CC)CCN1C(=O)N(C(C)C)CC1(C)C. The highest BCUT2D eigenvalue weighted by Gasteiger charge is 2.43. The van der Waals surface area contributed by atoms with Gasteiger partial charge in [0.15, 0.2) is 0 Å². The molecule has 2 amide bonds. The summed E-state index contributed by atoms with van der Waals surface area (Å²) >= 11 is 0. The molecule has 0 spiro atoms. The van der Waals surface area contributed by atoms with Gasteiger partial charge in [-0.2, -0.15) is 0 Å². The fourth-order valence-electron chi connectivity index (χ4n) is 2.79. The van der Waals surface area contributed by atoms with Crippen LogP contribution in [0.3, 0.4) is 0 Å². The first kappa shape index (κ1) is 15.3. The van der Waals surface area contributed by atoms with E-state index in [1.54, 1.807) is 0 Å². The summed E-state index contributed by atoms with van der Waals surface area (Å²) in [4.78, 5) is 16.5.